The highest BCUT2D eigenvalue weighted by Gasteiger charge is 2.13. The number of aromatic nitrogens is 1. The number of nitrogens with zero attached hydrogens (tertiary/aromatic N) is 2. The van der Waals surface area contributed by atoms with Crippen LogP contribution in [0.1, 0.15) is 25.8 Å². The average Bonchev–Trinajstić information content (AvgIpc) is 2.87. The van der Waals surface area contributed by atoms with Crippen molar-refractivity contribution in [1.82, 2.24) is 4.57 Å². The van der Waals surface area contributed by atoms with Crippen molar-refractivity contribution in [2.75, 3.05) is 33.0 Å². The van der Waals surface area contributed by atoms with Crippen LogP contribution in [0.15, 0.2) is 56.5 Å². The molecule has 0 aliphatic heterocycles. The van der Waals surface area contributed by atoms with E-state index in [2.05, 4.69) is 0 Å². The van der Waals surface area contributed by atoms with Crippen LogP contribution in [0.4, 0.5) is 0 Å². The predicted molar refractivity (Wildman–Crippen MR) is 129 cm³/mol. The maximum atomic E-state index is 12.7. The first-order valence-corrected chi connectivity index (χ1v) is 11.4. The summed E-state index contributed by atoms with van der Waals surface area (Å²) in [6.45, 7) is 5.21. The number of ether oxygens (including phenoxy) is 3. The average molecular weight is 481 g/mol. The Morgan fingerprint density at radius 1 is 1.06 bits per heavy atom. The molecule has 0 amide bonds. The zero-order valence-electron chi connectivity index (χ0n) is 19.8. The van der Waals surface area contributed by atoms with Crippen molar-refractivity contribution in [2.24, 2.45) is 5.92 Å². The maximum absolute atomic E-state index is 12.7. The number of fused-ring (bicyclic) bond motifs is 1. The summed E-state index contributed by atoms with van der Waals surface area (Å²) in [7, 11) is 0. The third-order valence-electron chi connectivity index (χ3n) is 5.49. The van der Waals surface area contributed by atoms with Gasteiger partial charge in [-0.3, -0.25) is 14.2 Å². The summed E-state index contributed by atoms with van der Waals surface area (Å²) < 4.78 is 22.9. The summed E-state index contributed by atoms with van der Waals surface area (Å²) in [5.41, 5.74) is 0.544. The summed E-state index contributed by atoms with van der Waals surface area (Å²) in [4.78, 5) is 36.6. The molecular formula is C26H28N2O7. The number of benzene rings is 1. The smallest absolute Gasteiger partial charge is 0.345 e. The van der Waals surface area contributed by atoms with E-state index < -0.39 is 5.63 Å². The Morgan fingerprint density at radius 3 is 2.54 bits per heavy atom. The van der Waals surface area contributed by atoms with Crippen molar-refractivity contribution in [2.45, 2.75) is 26.8 Å². The molecule has 184 valence electrons. The highest BCUT2D eigenvalue weighted by molar-refractivity contribution is 5.79. The van der Waals surface area contributed by atoms with Gasteiger partial charge in [-0.15, -0.1) is 0 Å². The normalized spacial score (nSPS) is 11.8. The summed E-state index contributed by atoms with van der Waals surface area (Å²) in [5.74, 6) is -0.357. The Morgan fingerprint density at radius 2 is 1.80 bits per heavy atom. The monoisotopic (exact) mass is 480 g/mol. The molecule has 0 aliphatic carbocycles. The zero-order valence-corrected chi connectivity index (χ0v) is 19.8. The Balaban J connectivity index is 1.55. The van der Waals surface area contributed by atoms with Gasteiger partial charge in [0.25, 0.3) is 5.56 Å². The van der Waals surface area contributed by atoms with Gasteiger partial charge in [0.15, 0.2) is 0 Å². The molecule has 0 saturated carbocycles. The van der Waals surface area contributed by atoms with Crippen LogP contribution in [0.25, 0.3) is 22.2 Å². The molecule has 9 heteroatoms. The molecular weight excluding hydrogens is 452 g/mol. The molecule has 0 saturated heterocycles. The molecule has 3 rings (SSSR count). The topological polar surface area (TPSA) is 121 Å². The lowest BCUT2D eigenvalue weighted by atomic mass is 10.0. The standard InChI is InChI=1S/C26H28N2O7/c1-3-18(2)25(30)34-14-13-33-12-11-32-10-9-28-23(29)8-7-21-16-22(26(31)35-24(21)28)20-6-4-5-19(15-20)17-27/h4-8,15-16,18H,3,9-14H2,1-2H3. The van der Waals surface area contributed by atoms with Crippen molar-refractivity contribution in [3.05, 3.63) is 68.8 Å². The van der Waals surface area contributed by atoms with Gasteiger partial charge in [-0.1, -0.05) is 26.0 Å². The van der Waals surface area contributed by atoms with E-state index in [-0.39, 0.29) is 49.5 Å². The largest absolute Gasteiger partial charge is 0.463 e. The number of carbonyl (C=O) groups excluding carboxylic acids is 1. The molecule has 0 radical (unpaired) electrons. The third kappa shape index (κ3) is 6.88. The van der Waals surface area contributed by atoms with Gasteiger partial charge in [0.05, 0.1) is 56.1 Å². The summed E-state index contributed by atoms with van der Waals surface area (Å²) >= 11 is 0. The first-order valence-electron chi connectivity index (χ1n) is 11.4. The van der Waals surface area contributed by atoms with Gasteiger partial charge in [-0.25, -0.2) is 4.79 Å². The van der Waals surface area contributed by atoms with E-state index in [9.17, 15) is 14.4 Å². The maximum Gasteiger partial charge on any atom is 0.345 e. The lowest BCUT2D eigenvalue weighted by Gasteiger charge is -2.11. The van der Waals surface area contributed by atoms with Gasteiger partial charge < -0.3 is 18.6 Å². The van der Waals surface area contributed by atoms with Crippen LogP contribution >= 0.6 is 0 Å². The van der Waals surface area contributed by atoms with Crippen LogP contribution in [0.5, 0.6) is 0 Å². The molecule has 0 spiro atoms. The summed E-state index contributed by atoms with van der Waals surface area (Å²) in [6, 6.07) is 13.4. The van der Waals surface area contributed by atoms with Crippen molar-refractivity contribution in [3.8, 4) is 17.2 Å². The summed E-state index contributed by atoms with van der Waals surface area (Å²) in [6.07, 6.45) is 0.730. The highest BCUT2D eigenvalue weighted by Crippen LogP contribution is 2.21. The van der Waals surface area contributed by atoms with Crippen molar-refractivity contribution in [3.63, 3.8) is 0 Å². The molecule has 1 atom stereocenters. The number of rotatable bonds is 12. The van der Waals surface area contributed by atoms with E-state index in [0.717, 1.165) is 6.42 Å². The molecule has 2 aromatic heterocycles. The van der Waals surface area contributed by atoms with Crippen LogP contribution in [0.2, 0.25) is 0 Å². The minimum absolute atomic E-state index is 0.124. The van der Waals surface area contributed by atoms with Crippen LogP contribution in [-0.4, -0.2) is 43.6 Å². The lowest BCUT2D eigenvalue weighted by molar-refractivity contribution is -0.149. The molecule has 1 aromatic carbocycles. The second-order valence-electron chi connectivity index (χ2n) is 7.93. The van der Waals surface area contributed by atoms with Gasteiger partial charge in [0.1, 0.15) is 6.61 Å². The number of nitriles is 1. The van der Waals surface area contributed by atoms with E-state index in [4.69, 9.17) is 23.9 Å². The Labute approximate surface area is 202 Å². The third-order valence-corrected chi connectivity index (χ3v) is 5.49. The van der Waals surface area contributed by atoms with E-state index in [1.165, 1.54) is 10.6 Å². The zero-order chi connectivity index (χ0) is 25.2. The molecule has 9 nitrogen and oxygen atoms in total. The van der Waals surface area contributed by atoms with E-state index in [1.807, 2.05) is 19.9 Å². The molecule has 0 N–H and O–H groups in total. The molecule has 0 fully saturated rings. The number of esters is 1. The minimum atomic E-state index is -0.602. The Bertz CT molecular complexity index is 1320. The first kappa shape index (κ1) is 25.9. The quantitative estimate of drug-likeness (QED) is 0.286. The molecule has 35 heavy (non-hydrogen) atoms. The summed E-state index contributed by atoms with van der Waals surface area (Å²) in [5, 5.41) is 9.69. The number of pyridine rings is 1. The SMILES string of the molecule is CCC(C)C(=O)OCCOCCOCCn1c(=O)ccc2cc(-c3cccc(C#N)c3)c(=O)oc21. The lowest BCUT2D eigenvalue weighted by Crippen LogP contribution is -2.23. The van der Waals surface area contributed by atoms with Crippen LogP contribution in [-0.2, 0) is 25.5 Å². The highest BCUT2D eigenvalue weighted by atomic mass is 16.6. The first-order chi connectivity index (χ1) is 16.9. The van der Waals surface area contributed by atoms with E-state index >= 15 is 0 Å². The van der Waals surface area contributed by atoms with Gasteiger partial charge in [-0.05, 0) is 36.2 Å². The van der Waals surface area contributed by atoms with Crippen LogP contribution in [0, 0.1) is 17.2 Å². The number of carbonyl (C=O) groups is 1. The number of hydrogen-bond donors (Lipinski definition) is 0. The van der Waals surface area contributed by atoms with E-state index in [0.29, 0.717) is 35.3 Å². The van der Waals surface area contributed by atoms with Gasteiger partial charge in [-0.2, -0.15) is 5.26 Å². The van der Waals surface area contributed by atoms with E-state index in [1.54, 1.807) is 36.4 Å². The fourth-order valence-corrected chi connectivity index (χ4v) is 3.32. The fourth-order valence-electron chi connectivity index (χ4n) is 3.32. The van der Waals surface area contributed by atoms with Crippen LogP contribution in [0.3, 0.4) is 0 Å². The fraction of sp³-hybridized carbons (Fsp3) is 0.385. The molecule has 1 unspecified atom stereocenters. The Hall–Kier alpha value is -3.74. The molecule has 0 bridgehead atoms. The van der Waals surface area contributed by atoms with Crippen molar-refractivity contribution < 1.29 is 23.4 Å². The molecule has 2 heterocycles. The van der Waals surface area contributed by atoms with Gasteiger partial charge in [0.2, 0.25) is 5.71 Å². The minimum Gasteiger partial charge on any atom is -0.463 e. The van der Waals surface area contributed by atoms with Crippen molar-refractivity contribution >= 4 is 17.1 Å². The van der Waals surface area contributed by atoms with Gasteiger partial charge in [0, 0.05) is 11.5 Å². The molecule has 3 aromatic rings. The predicted octanol–water partition coefficient (Wildman–Crippen LogP) is 3.12. The van der Waals surface area contributed by atoms with Gasteiger partial charge >= 0.3 is 11.6 Å². The number of hydrogen-bond acceptors (Lipinski definition) is 8. The van der Waals surface area contributed by atoms with Crippen molar-refractivity contribution in [1.29, 1.82) is 5.26 Å². The Kier molecular flexibility index (Phi) is 9.35. The second-order valence-corrected chi connectivity index (χ2v) is 7.93. The molecule has 0 aliphatic rings. The second kappa shape index (κ2) is 12.6. The van der Waals surface area contributed by atoms with Crippen LogP contribution < -0.4 is 11.2 Å².